The molecule has 11 heavy (non-hydrogen) atoms. The molecule has 1 heterocycles. The van der Waals surface area contributed by atoms with Crippen LogP contribution in [-0.4, -0.2) is 21.2 Å². The second-order valence-corrected chi connectivity index (χ2v) is 2.39. The molecule has 1 aromatic rings. The number of carbonyl (C=O) groups excluding carboxylic acids is 1. The molecule has 4 nitrogen and oxygen atoms in total. The number of rotatable bonds is 1. The Kier molecular flexibility index (Phi) is 3.14. The smallest absolute Gasteiger partial charge is 0.178 e. The summed E-state index contributed by atoms with van der Waals surface area (Å²) in [4.78, 5) is 21.5. The Morgan fingerprint density at radius 2 is 2.27 bits per heavy atom. The van der Waals surface area contributed by atoms with E-state index in [1.54, 1.807) is 0 Å². The van der Waals surface area contributed by atoms with Crippen LogP contribution >= 0.6 is 11.3 Å². The summed E-state index contributed by atoms with van der Waals surface area (Å²) in [7, 11) is 0. The standard InChI is InChI=1S/C6H5N3OS/c10-3-6-9-2-1-7-4-8-5-11-6/h1-5H. The fraction of sp³-hybridized carbons (Fsp3) is 0. The first-order valence-electron chi connectivity index (χ1n) is 2.81. The van der Waals surface area contributed by atoms with Crippen molar-refractivity contribution in [3.05, 3.63) is 29.2 Å². The van der Waals surface area contributed by atoms with Crippen molar-refractivity contribution < 1.29 is 4.79 Å². The van der Waals surface area contributed by atoms with Crippen LogP contribution in [0.4, 0.5) is 0 Å². The van der Waals surface area contributed by atoms with Crippen molar-refractivity contribution in [2.75, 3.05) is 0 Å². The van der Waals surface area contributed by atoms with Gasteiger partial charge in [-0.3, -0.25) is 4.79 Å². The van der Waals surface area contributed by atoms with Gasteiger partial charge in [-0.15, -0.1) is 11.3 Å². The molecule has 0 aliphatic heterocycles. The third-order valence-corrected chi connectivity index (χ3v) is 1.49. The molecule has 0 aliphatic carbocycles. The molecular formula is C6H5N3OS. The van der Waals surface area contributed by atoms with Crippen molar-refractivity contribution in [1.82, 2.24) is 15.0 Å². The Labute approximate surface area is 67.3 Å². The molecule has 0 aromatic carbocycles. The van der Waals surface area contributed by atoms with Crippen molar-refractivity contribution >= 4 is 17.6 Å². The zero-order valence-electron chi connectivity index (χ0n) is 5.54. The maximum atomic E-state index is 10.2. The van der Waals surface area contributed by atoms with Gasteiger partial charge in [0.1, 0.15) is 6.33 Å². The molecule has 5 heteroatoms. The van der Waals surface area contributed by atoms with Gasteiger partial charge in [0.15, 0.2) is 11.3 Å². The Balaban J connectivity index is 3.16. The second kappa shape index (κ2) is 4.45. The molecular weight excluding hydrogens is 162 g/mol. The quantitative estimate of drug-likeness (QED) is 0.582. The number of carbonyl (C=O) groups is 1. The van der Waals surface area contributed by atoms with E-state index in [0.717, 1.165) is 11.3 Å². The zero-order valence-corrected chi connectivity index (χ0v) is 6.36. The van der Waals surface area contributed by atoms with Crippen LogP contribution in [0.5, 0.6) is 0 Å². The molecule has 0 saturated carbocycles. The van der Waals surface area contributed by atoms with Crippen LogP contribution in [0.3, 0.4) is 0 Å². The van der Waals surface area contributed by atoms with Crippen LogP contribution in [-0.2, 0) is 0 Å². The Morgan fingerprint density at radius 3 is 3.09 bits per heavy atom. The van der Waals surface area contributed by atoms with Crippen LogP contribution in [0, 0.1) is 0 Å². The molecule has 0 aliphatic rings. The maximum Gasteiger partial charge on any atom is 0.178 e. The van der Waals surface area contributed by atoms with Gasteiger partial charge in [0.25, 0.3) is 0 Å². The van der Waals surface area contributed by atoms with E-state index in [4.69, 9.17) is 0 Å². The van der Waals surface area contributed by atoms with E-state index in [9.17, 15) is 4.79 Å². The van der Waals surface area contributed by atoms with Crippen LogP contribution in [0.1, 0.15) is 9.80 Å². The largest absolute Gasteiger partial charge is 0.295 e. The van der Waals surface area contributed by atoms with E-state index in [-0.39, 0.29) is 0 Å². The third-order valence-electron chi connectivity index (χ3n) is 0.823. The summed E-state index contributed by atoms with van der Waals surface area (Å²) in [5.74, 6) is 0. The van der Waals surface area contributed by atoms with Crippen molar-refractivity contribution in [1.29, 1.82) is 0 Å². The second-order valence-electron chi connectivity index (χ2n) is 1.52. The molecule has 0 radical (unpaired) electrons. The lowest BCUT2D eigenvalue weighted by atomic mass is 10.8. The van der Waals surface area contributed by atoms with Crippen LogP contribution < -0.4 is 0 Å². The Hall–Kier alpha value is -1.36. The van der Waals surface area contributed by atoms with Gasteiger partial charge in [0, 0.05) is 12.4 Å². The van der Waals surface area contributed by atoms with Crippen LogP contribution in [0.2, 0.25) is 0 Å². The van der Waals surface area contributed by atoms with E-state index in [1.165, 1.54) is 24.2 Å². The lowest BCUT2D eigenvalue weighted by Crippen LogP contribution is -1.74. The topological polar surface area (TPSA) is 55.7 Å². The molecule has 0 fully saturated rings. The average Bonchev–Trinajstić information content (AvgIpc) is 2.16. The van der Waals surface area contributed by atoms with Gasteiger partial charge in [0.2, 0.25) is 0 Å². The first kappa shape index (κ1) is 7.74. The highest BCUT2D eigenvalue weighted by Crippen LogP contribution is 1.91. The highest BCUT2D eigenvalue weighted by atomic mass is 32.1. The van der Waals surface area contributed by atoms with E-state index < -0.39 is 0 Å². The molecule has 0 bridgehead atoms. The molecule has 1 rings (SSSR count). The number of aldehydes is 1. The SMILES string of the molecule is O=Cc1nccncncs1. The first-order valence-corrected chi connectivity index (χ1v) is 3.69. The Bertz CT molecular complexity index is 261. The first-order chi connectivity index (χ1) is 5.43. The summed E-state index contributed by atoms with van der Waals surface area (Å²) in [5.41, 5.74) is 1.50. The normalized spacial score (nSPS) is 8.36. The molecule has 0 unspecified atom stereocenters. The summed E-state index contributed by atoms with van der Waals surface area (Å²) in [6.07, 6.45) is 4.97. The lowest BCUT2D eigenvalue weighted by Gasteiger charge is -1.74. The van der Waals surface area contributed by atoms with E-state index in [0.29, 0.717) is 11.3 Å². The van der Waals surface area contributed by atoms with Gasteiger partial charge >= 0.3 is 0 Å². The highest BCUT2D eigenvalue weighted by Gasteiger charge is 1.81. The summed E-state index contributed by atoms with van der Waals surface area (Å²) in [5, 5.41) is 0.371. The fourth-order valence-corrected chi connectivity index (χ4v) is 0.823. The monoisotopic (exact) mass is 167 g/mol. The number of aromatic nitrogens is 3. The van der Waals surface area contributed by atoms with Crippen molar-refractivity contribution in [3.8, 4) is 0 Å². The van der Waals surface area contributed by atoms with Crippen LogP contribution in [0.25, 0.3) is 0 Å². The minimum atomic E-state index is 0.371. The summed E-state index contributed by atoms with van der Waals surface area (Å²) < 4.78 is 0. The highest BCUT2D eigenvalue weighted by molar-refractivity contribution is 7.10. The minimum Gasteiger partial charge on any atom is -0.295 e. The van der Waals surface area contributed by atoms with Gasteiger partial charge in [-0.2, -0.15) is 0 Å². The molecule has 0 spiro atoms. The molecule has 0 atom stereocenters. The van der Waals surface area contributed by atoms with Gasteiger partial charge in [-0.25, -0.2) is 15.0 Å². The van der Waals surface area contributed by atoms with Crippen LogP contribution in [0.15, 0.2) is 24.2 Å². The predicted molar refractivity (Wildman–Crippen MR) is 40.7 cm³/mol. The number of nitrogens with zero attached hydrogens (tertiary/aromatic N) is 3. The summed E-state index contributed by atoms with van der Waals surface area (Å²) >= 11 is 1.16. The number of hydrogen-bond donors (Lipinski definition) is 0. The lowest BCUT2D eigenvalue weighted by molar-refractivity contribution is 0.112. The minimum absolute atomic E-state index is 0.371. The molecule has 0 amide bonds. The van der Waals surface area contributed by atoms with E-state index in [1.807, 2.05) is 0 Å². The summed E-state index contributed by atoms with van der Waals surface area (Å²) in [6.45, 7) is 0. The molecule has 0 N–H and O–H groups in total. The van der Waals surface area contributed by atoms with Crippen molar-refractivity contribution in [2.45, 2.75) is 0 Å². The van der Waals surface area contributed by atoms with Crippen molar-refractivity contribution in [3.63, 3.8) is 0 Å². The van der Waals surface area contributed by atoms with Gasteiger partial charge < -0.3 is 0 Å². The summed E-state index contributed by atoms with van der Waals surface area (Å²) in [6, 6.07) is 0. The number of hydrogen-bond acceptors (Lipinski definition) is 5. The van der Waals surface area contributed by atoms with Crippen molar-refractivity contribution in [2.24, 2.45) is 0 Å². The fourth-order valence-electron chi connectivity index (χ4n) is 0.423. The molecule has 1 aromatic heterocycles. The predicted octanol–water partition coefficient (Wildman–Crippen LogP) is 0.870. The van der Waals surface area contributed by atoms with Gasteiger partial charge in [0.05, 0.1) is 5.51 Å². The maximum absolute atomic E-state index is 10.2. The average molecular weight is 167 g/mol. The Morgan fingerprint density at radius 1 is 1.36 bits per heavy atom. The zero-order chi connectivity index (χ0) is 7.94. The third kappa shape index (κ3) is 2.81. The molecule has 0 saturated heterocycles. The van der Waals surface area contributed by atoms with E-state index >= 15 is 0 Å². The molecule has 56 valence electrons. The van der Waals surface area contributed by atoms with Gasteiger partial charge in [-0.05, 0) is 0 Å². The van der Waals surface area contributed by atoms with E-state index in [2.05, 4.69) is 15.0 Å². The van der Waals surface area contributed by atoms with Gasteiger partial charge in [-0.1, -0.05) is 0 Å².